The number of hydrogen-bond acceptors (Lipinski definition) is 4. The highest BCUT2D eigenvalue weighted by Gasteiger charge is 2.26. The summed E-state index contributed by atoms with van der Waals surface area (Å²) in [5.74, 6) is 0.418. The van der Waals surface area contributed by atoms with Gasteiger partial charge in [-0.25, -0.2) is 4.39 Å². The maximum Gasteiger partial charge on any atom is 0.219 e. The second-order valence-corrected chi connectivity index (χ2v) is 10.3. The molecule has 0 atom stereocenters. The maximum absolute atomic E-state index is 13.5. The lowest BCUT2D eigenvalue weighted by Crippen LogP contribution is -2.34. The van der Waals surface area contributed by atoms with E-state index in [4.69, 9.17) is 4.42 Å². The molecule has 0 N–H and O–H groups in total. The van der Waals surface area contributed by atoms with Crippen LogP contribution in [0.1, 0.15) is 59.1 Å². The molecule has 4 heterocycles. The Morgan fingerprint density at radius 3 is 2.81 bits per heavy atom. The molecule has 4 nitrogen and oxygen atoms in total. The van der Waals surface area contributed by atoms with Crippen LogP contribution in [0.4, 0.5) is 4.39 Å². The van der Waals surface area contributed by atoms with Crippen molar-refractivity contribution in [3.05, 3.63) is 56.7 Å². The van der Waals surface area contributed by atoms with Crippen LogP contribution >= 0.6 is 11.3 Å². The molecule has 0 saturated carbocycles. The van der Waals surface area contributed by atoms with Crippen molar-refractivity contribution >= 4 is 28.2 Å². The molecule has 0 unspecified atom stereocenters. The number of hydrogen-bond donors (Lipinski definition) is 0. The van der Waals surface area contributed by atoms with Crippen molar-refractivity contribution in [1.29, 1.82) is 0 Å². The van der Waals surface area contributed by atoms with Gasteiger partial charge in [-0.05, 0) is 74.4 Å². The van der Waals surface area contributed by atoms with E-state index in [0.717, 1.165) is 70.2 Å². The van der Waals surface area contributed by atoms with Crippen LogP contribution in [0.5, 0.6) is 0 Å². The van der Waals surface area contributed by atoms with Gasteiger partial charge in [-0.2, -0.15) is 0 Å². The molecule has 1 aromatic carbocycles. The lowest BCUT2D eigenvalue weighted by atomic mass is 9.89. The third-order valence-corrected chi connectivity index (χ3v) is 8.62. The number of fused-ring (bicyclic) bond motifs is 2. The number of thiophene rings is 1. The molecule has 1 fully saturated rings. The number of carbonyl (C=O) groups excluding carboxylic acids is 1. The van der Waals surface area contributed by atoms with Crippen molar-refractivity contribution < 1.29 is 13.6 Å². The molecule has 6 heteroatoms. The standard InChI is InChI=1S/C26H31FN2O2S/c1-3-20-22-8-13-29(17(2)30)15-26(22)32-25(20)9-12-28-10-6-18(7-11-28)23-16-31-24-14-19(27)4-5-21(23)24/h4-5,14,16,18H,3,6-13,15H2,1-2H3. The van der Waals surface area contributed by atoms with Crippen LogP contribution in [-0.2, 0) is 30.6 Å². The molecule has 2 aliphatic heterocycles. The topological polar surface area (TPSA) is 36.7 Å². The first-order chi connectivity index (χ1) is 15.5. The van der Waals surface area contributed by atoms with Gasteiger partial charge < -0.3 is 14.2 Å². The number of amides is 1. The second-order valence-electron chi connectivity index (χ2n) is 9.15. The number of carbonyl (C=O) groups is 1. The van der Waals surface area contributed by atoms with E-state index in [0.29, 0.717) is 11.5 Å². The first-order valence-corrected chi connectivity index (χ1v) is 12.6. The molecule has 1 saturated heterocycles. The highest BCUT2D eigenvalue weighted by molar-refractivity contribution is 7.12. The van der Waals surface area contributed by atoms with Gasteiger partial charge in [0.2, 0.25) is 5.91 Å². The lowest BCUT2D eigenvalue weighted by molar-refractivity contribution is -0.129. The van der Waals surface area contributed by atoms with Gasteiger partial charge in [0.25, 0.3) is 0 Å². The van der Waals surface area contributed by atoms with E-state index >= 15 is 0 Å². The summed E-state index contributed by atoms with van der Waals surface area (Å²) in [6.07, 6.45) is 7.24. The van der Waals surface area contributed by atoms with E-state index < -0.39 is 0 Å². The van der Waals surface area contributed by atoms with E-state index in [1.165, 1.54) is 33.0 Å². The summed E-state index contributed by atoms with van der Waals surface area (Å²) in [6.45, 7) is 8.84. The summed E-state index contributed by atoms with van der Waals surface area (Å²) in [4.78, 5) is 19.3. The number of likely N-dealkylation sites (tertiary alicyclic amines) is 1. The lowest BCUT2D eigenvalue weighted by Gasteiger charge is -2.31. The summed E-state index contributed by atoms with van der Waals surface area (Å²) in [5.41, 5.74) is 4.94. The van der Waals surface area contributed by atoms with E-state index in [1.54, 1.807) is 12.5 Å². The van der Waals surface area contributed by atoms with Gasteiger partial charge in [0.15, 0.2) is 0 Å². The first kappa shape index (κ1) is 21.7. The molecule has 2 aromatic heterocycles. The Labute approximate surface area is 193 Å². The third kappa shape index (κ3) is 4.11. The molecule has 0 aliphatic carbocycles. The smallest absolute Gasteiger partial charge is 0.219 e. The Bertz CT molecular complexity index is 1130. The van der Waals surface area contributed by atoms with E-state index in [-0.39, 0.29) is 11.7 Å². The van der Waals surface area contributed by atoms with E-state index in [9.17, 15) is 9.18 Å². The Morgan fingerprint density at radius 1 is 1.25 bits per heavy atom. The van der Waals surface area contributed by atoms with Crippen LogP contribution in [-0.4, -0.2) is 41.9 Å². The number of benzene rings is 1. The minimum absolute atomic E-state index is 0.182. The zero-order chi connectivity index (χ0) is 22.2. The average molecular weight is 455 g/mol. The Kier molecular flexibility index (Phi) is 6.08. The first-order valence-electron chi connectivity index (χ1n) is 11.8. The van der Waals surface area contributed by atoms with Gasteiger partial charge in [-0.3, -0.25) is 4.79 Å². The molecule has 32 heavy (non-hydrogen) atoms. The molecule has 170 valence electrons. The van der Waals surface area contributed by atoms with Crippen LogP contribution in [0.15, 0.2) is 28.9 Å². The van der Waals surface area contributed by atoms with Gasteiger partial charge in [-0.15, -0.1) is 11.3 Å². The monoisotopic (exact) mass is 454 g/mol. The number of piperidine rings is 1. The minimum Gasteiger partial charge on any atom is -0.464 e. The Balaban J connectivity index is 1.20. The highest BCUT2D eigenvalue weighted by atomic mass is 32.1. The average Bonchev–Trinajstić information content (AvgIpc) is 3.37. The van der Waals surface area contributed by atoms with E-state index in [2.05, 4.69) is 11.8 Å². The molecule has 2 aliphatic rings. The fourth-order valence-electron chi connectivity index (χ4n) is 5.47. The van der Waals surface area contributed by atoms with Crippen molar-refractivity contribution in [1.82, 2.24) is 9.80 Å². The largest absolute Gasteiger partial charge is 0.464 e. The molecular weight excluding hydrogens is 423 g/mol. The summed E-state index contributed by atoms with van der Waals surface area (Å²) in [5, 5.41) is 1.06. The Morgan fingerprint density at radius 2 is 2.06 bits per heavy atom. The summed E-state index contributed by atoms with van der Waals surface area (Å²) < 4.78 is 19.1. The van der Waals surface area contributed by atoms with Gasteiger partial charge in [-0.1, -0.05) is 6.92 Å². The van der Waals surface area contributed by atoms with Gasteiger partial charge in [0, 0.05) is 46.8 Å². The molecule has 0 radical (unpaired) electrons. The van der Waals surface area contributed by atoms with Gasteiger partial charge in [0.1, 0.15) is 11.4 Å². The van der Waals surface area contributed by atoms with Crippen LogP contribution in [0.2, 0.25) is 0 Å². The normalized spacial score (nSPS) is 17.8. The fraction of sp³-hybridized carbons (Fsp3) is 0.500. The Hall–Kier alpha value is -2.18. The number of halogens is 1. The highest BCUT2D eigenvalue weighted by Crippen LogP contribution is 2.36. The molecule has 1 amide bonds. The zero-order valence-corrected chi connectivity index (χ0v) is 19.8. The quantitative estimate of drug-likeness (QED) is 0.509. The predicted molar refractivity (Wildman–Crippen MR) is 127 cm³/mol. The predicted octanol–water partition coefficient (Wildman–Crippen LogP) is 5.52. The summed E-state index contributed by atoms with van der Waals surface area (Å²) in [7, 11) is 0. The second kappa shape index (κ2) is 8.99. The van der Waals surface area contributed by atoms with Crippen LogP contribution < -0.4 is 0 Å². The number of nitrogens with zero attached hydrogens (tertiary/aromatic N) is 2. The van der Waals surface area contributed by atoms with Crippen molar-refractivity contribution in [3.8, 4) is 0 Å². The van der Waals surface area contributed by atoms with Crippen molar-refractivity contribution in [3.63, 3.8) is 0 Å². The molecule has 0 bridgehead atoms. The minimum atomic E-state index is -0.246. The zero-order valence-electron chi connectivity index (χ0n) is 19.0. The maximum atomic E-state index is 13.5. The van der Waals surface area contributed by atoms with Crippen molar-refractivity contribution in [2.24, 2.45) is 0 Å². The third-order valence-electron chi connectivity index (χ3n) is 7.30. The van der Waals surface area contributed by atoms with Crippen LogP contribution in [0.25, 0.3) is 11.0 Å². The molecular formula is C26H31FN2O2S. The van der Waals surface area contributed by atoms with Crippen molar-refractivity contribution in [2.45, 2.75) is 58.4 Å². The number of rotatable bonds is 5. The summed E-state index contributed by atoms with van der Waals surface area (Å²) >= 11 is 1.93. The van der Waals surface area contributed by atoms with Gasteiger partial charge in [0.05, 0.1) is 12.8 Å². The molecule has 5 rings (SSSR count). The number of furan rings is 1. The van der Waals surface area contributed by atoms with Crippen LogP contribution in [0, 0.1) is 5.82 Å². The fourth-order valence-corrected chi connectivity index (χ4v) is 6.92. The SMILES string of the molecule is CCc1c(CCN2CCC(c3coc4cc(F)ccc34)CC2)sc2c1CCN(C(C)=O)C2. The van der Waals surface area contributed by atoms with Gasteiger partial charge >= 0.3 is 0 Å². The van der Waals surface area contributed by atoms with Crippen LogP contribution in [0.3, 0.4) is 0 Å². The molecule has 0 spiro atoms. The van der Waals surface area contributed by atoms with E-state index in [1.807, 2.05) is 28.6 Å². The molecule has 3 aromatic rings. The van der Waals surface area contributed by atoms with Crippen molar-refractivity contribution in [2.75, 3.05) is 26.2 Å². The summed E-state index contributed by atoms with van der Waals surface area (Å²) in [6, 6.07) is 4.86.